The molecule has 3 rings (SSSR count). The zero-order valence-corrected chi connectivity index (χ0v) is 16.1. The Morgan fingerprint density at radius 3 is 2.54 bits per heavy atom. The van der Waals surface area contributed by atoms with Crippen molar-refractivity contribution in [2.75, 3.05) is 20.3 Å². The summed E-state index contributed by atoms with van der Waals surface area (Å²) < 4.78 is 59.6. The van der Waals surface area contributed by atoms with Gasteiger partial charge in [0.1, 0.15) is 0 Å². The SMILES string of the molecule is CCCCOC1CCC(c2ccc(-c3ccc(OC)c(F)c3)c(F)c2F)OC1. The first-order valence-electron chi connectivity index (χ1n) is 9.60. The van der Waals surface area contributed by atoms with Gasteiger partial charge >= 0.3 is 0 Å². The van der Waals surface area contributed by atoms with Crippen molar-refractivity contribution in [3.8, 4) is 16.9 Å². The van der Waals surface area contributed by atoms with E-state index in [2.05, 4.69) is 6.92 Å². The number of halogens is 3. The molecule has 0 saturated carbocycles. The van der Waals surface area contributed by atoms with E-state index in [9.17, 15) is 13.2 Å². The Balaban J connectivity index is 1.73. The van der Waals surface area contributed by atoms with Gasteiger partial charge in [0.25, 0.3) is 0 Å². The smallest absolute Gasteiger partial charge is 0.167 e. The van der Waals surface area contributed by atoms with Crippen molar-refractivity contribution in [1.82, 2.24) is 0 Å². The van der Waals surface area contributed by atoms with Crippen LogP contribution in [-0.4, -0.2) is 26.4 Å². The van der Waals surface area contributed by atoms with Gasteiger partial charge in [0.05, 0.1) is 25.9 Å². The maximum absolute atomic E-state index is 14.7. The molecule has 0 aromatic heterocycles. The van der Waals surface area contributed by atoms with E-state index in [4.69, 9.17) is 14.2 Å². The third kappa shape index (κ3) is 4.50. The van der Waals surface area contributed by atoms with Crippen LogP contribution < -0.4 is 4.74 Å². The van der Waals surface area contributed by atoms with E-state index in [0.29, 0.717) is 19.6 Å². The second-order valence-corrected chi connectivity index (χ2v) is 6.93. The van der Waals surface area contributed by atoms with Crippen LogP contribution in [0.15, 0.2) is 30.3 Å². The summed E-state index contributed by atoms with van der Waals surface area (Å²) in [5.41, 5.74) is 0.428. The quantitative estimate of drug-likeness (QED) is 0.554. The molecule has 28 heavy (non-hydrogen) atoms. The summed E-state index contributed by atoms with van der Waals surface area (Å²) >= 11 is 0. The molecule has 0 bridgehead atoms. The Morgan fingerprint density at radius 2 is 1.89 bits per heavy atom. The molecule has 1 aliphatic rings. The fourth-order valence-corrected chi connectivity index (χ4v) is 3.37. The third-order valence-corrected chi connectivity index (χ3v) is 5.01. The van der Waals surface area contributed by atoms with Crippen molar-refractivity contribution in [3.63, 3.8) is 0 Å². The van der Waals surface area contributed by atoms with Crippen LogP contribution in [0.1, 0.15) is 44.3 Å². The van der Waals surface area contributed by atoms with Crippen LogP contribution in [0.4, 0.5) is 13.2 Å². The molecule has 2 unspecified atom stereocenters. The molecule has 2 atom stereocenters. The molecule has 1 heterocycles. The fourth-order valence-electron chi connectivity index (χ4n) is 3.37. The van der Waals surface area contributed by atoms with E-state index in [-0.39, 0.29) is 28.5 Å². The standard InChI is InChI=1S/C22H25F3O3/c1-3-4-11-27-15-6-10-19(28-13-15)17-8-7-16(21(24)22(17)25)14-5-9-20(26-2)18(23)12-14/h5,7-9,12,15,19H,3-4,6,10-11,13H2,1-2H3. The molecule has 152 valence electrons. The maximum atomic E-state index is 14.7. The molecule has 0 amide bonds. The van der Waals surface area contributed by atoms with E-state index < -0.39 is 23.6 Å². The maximum Gasteiger partial charge on any atom is 0.167 e. The summed E-state index contributed by atoms with van der Waals surface area (Å²) in [6, 6.07) is 6.99. The van der Waals surface area contributed by atoms with Crippen molar-refractivity contribution in [3.05, 3.63) is 53.3 Å². The van der Waals surface area contributed by atoms with Gasteiger partial charge in [-0.05, 0) is 37.0 Å². The van der Waals surface area contributed by atoms with Gasteiger partial charge in [-0.1, -0.05) is 31.5 Å². The van der Waals surface area contributed by atoms with Crippen molar-refractivity contribution in [1.29, 1.82) is 0 Å². The van der Waals surface area contributed by atoms with Gasteiger partial charge in [-0.3, -0.25) is 0 Å². The summed E-state index contributed by atoms with van der Waals surface area (Å²) in [6.07, 6.45) is 2.84. The molecule has 0 spiro atoms. The molecular weight excluding hydrogens is 369 g/mol. The van der Waals surface area contributed by atoms with E-state index >= 15 is 0 Å². The summed E-state index contributed by atoms with van der Waals surface area (Å²) in [6.45, 7) is 3.14. The molecular formula is C22H25F3O3. The lowest BCUT2D eigenvalue weighted by Gasteiger charge is -2.29. The second kappa shape index (κ2) is 9.43. The van der Waals surface area contributed by atoms with Gasteiger partial charge < -0.3 is 14.2 Å². The van der Waals surface area contributed by atoms with Crippen LogP contribution in [0, 0.1) is 17.5 Å². The summed E-state index contributed by atoms with van der Waals surface area (Å²) in [5, 5.41) is 0. The largest absolute Gasteiger partial charge is 0.494 e. The van der Waals surface area contributed by atoms with Crippen molar-refractivity contribution < 1.29 is 27.4 Å². The van der Waals surface area contributed by atoms with Crippen LogP contribution in [-0.2, 0) is 9.47 Å². The summed E-state index contributed by atoms with van der Waals surface area (Å²) in [5.74, 6) is -2.54. The minimum absolute atomic E-state index is 0.000567. The Kier molecular flexibility index (Phi) is 6.97. The number of methoxy groups -OCH3 is 1. The van der Waals surface area contributed by atoms with E-state index in [0.717, 1.165) is 25.3 Å². The van der Waals surface area contributed by atoms with Crippen LogP contribution in [0.5, 0.6) is 5.75 Å². The first-order valence-corrected chi connectivity index (χ1v) is 9.60. The highest BCUT2D eigenvalue weighted by Gasteiger charge is 2.27. The lowest BCUT2D eigenvalue weighted by molar-refractivity contribution is -0.0881. The number of unbranched alkanes of at least 4 members (excludes halogenated alkanes) is 1. The van der Waals surface area contributed by atoms with Gasteiger partial charge in [0, 0.05) is 17.7 Å². The lowest BCUT2D eigenvalue weighted by Crippen LogP contribution is -2.28. The van der Waals surface area contributed by atoms with Crippen LogP contribution in [0.2, 0.25) is 0 Å². The van der Waals surface area contributed by atoms with Crippen molar-refractivity contribution in [2.24, 2.45) is 0 Å². The minimum Gasteiger partial charge on any atom is -0.494 e. The number of rotatable bonds is 7. The Morgan fingerprint density at radius 1 is 1.07 bits per heavy atom. The first kappa shape index (κ1) is 20.7. The molecule has 0 N–H and O–H groups in total. The molecule has 3 nitrogen and oxygen atoms in total. The third-order valence-electron chi connectivity index (χ3n) is 5.01. The highest BCUT2D eigenvalue weighted by atomic mass is 19.2. The van der Waals surface area contributed by atoms with Crippen molar-refractivity contribution >= 4 is 0 Å². The molecule has 1 saturated heterocycles. The van der Waals surface area contributed by atoms with Crippen LogP contribution >= 0.6 is 0 Å². The number of hydrogen-bond donors (Lipinski definition) is 0. The zero-order valence-electron chi connectivity index (χ0n) is 16.1. The van der Waals surface area contributed by atoms with Gasteiger partial charge in [0.15, 0.2) is 23.2 Å². The van der Waals surface area contributed by atoms with Crippen LogP contribution in [0.25, 0.3) is 11.1 Å². The topological polar surface area (TPSA) is 27.7 Å². The van der Waals surface area contributed by atoms with Gasteiger partial charge in [-0.15, -0.1) is 0 Å². The van der Waals surface area contributed by atoms with E-state index in [1.54, 1.807) is 0 Å². The normalized spacial score (nSPS) is 19.6. The lowest BCUT2D eigenvalue weighted by atomic mass is 9.96. The fraction of sp³-hybridized carbons (Fsp3) is 0.455. The van der Waals surface area contributed by atoms with Gasteiger partial charge in [-0.25, -0.2) is 13.2 Å². The molecule has 2 aromatic rings. The minimum atomic E-state index is -1.01. The average molecular weight is 394 g/mol. The first-order chi connectivity index (χ1) is 13.5. The molecule has 2 aromatic carbocycles. The Bertz CT molecular complexity index is 802. The number of benzene rings is 2. The predicted octanol–water partition coefficient (Wildman–Crippen LogP) is 5.82. The number of ether oxygens (including phenoxy) is 3. The molecule has 0 aliphatic carbocycles. The molecule has 1 aliphatic heterocycles. The van der Waals surface area contributed by atoms with Crippen LogP contribution in [0.3, 0.4) is 0 Å². The Labute approximate surface area is 163 Å². The zero-order chi connectivity index (χ0) is 20.1. The molecule has 1 fully saturated rings. The predicted molar refractivity (Wildman–Crippen MR) is 101 cm³/mol. The summed E-state index contributed by atoms with van der Waals surface area (Å²) in [4.78, 5) is 0. The highest BCUT2D eigenvalue weighted by molar-refractivity contribution is 5.66. The van der Waals surface area contributed by atoms with Gasteiger partial charge in [-0.2, -0.15) is 0 Å². The average Bonchev–Trinajstić information content (AvgIpc) is 2.71. The second-order valence-electron chi connectivity index (χ2n) is 6.93. The van der Waals surface area contributed by atoms with E-state index in [1.807, 2.05) is 0 Å². The molecule has 6 heteroatoms. The highest BCUT2D eigenvalue weighted by Crippen LogP contribution is 2.35. The summed E-state index contributed by atoms with van der Waals surface area (Å²) in [7, 11) is 1.34. The Hall–Kier alpha value is -2.05. The monoisotopic (exact) mass is 394 g/mol. The van der Waals surface area contributed by atoms with Crippen molar-refractivity contribution in [2.45, 2.75) is 44.8 Å². The molecule has 0 radical (unpaired) electrons. The number of hydrogen-bond acceptors (Lipinski definition) is 3. The van der Waals surface area contributed by atoms with Gasteiger partial charge in [0.2, 0.25) is 0 Å². The van der Waals surface area contributed by atoms with E-state index in [1.165, 1.54) is 31.4 Å².